The van der Waals surface area contributed by atoms with Crippen LogP contribution in [-0.2, 0) is 4.74 Å². The Labute approximate surface area is 116 Å². The van der Waals surface area contributed by atoms with Gasteiger partial charge in [0.1, 0.15) is 6.61 Å². The highest BCUT2D eigenvalue weighted by atomic mass is 16.5. The maximum Gasteiger partial charge on any atom is 0.161 e. The van der Waals surface area contributed by atoms with E-state index < -0.39 is 0 Å². The van der Waals surface area contributed by atoms with Gasteiger partial charge in [-0.05, 0) is 32.9 Å². The van der Waals surface area contributed by atoms with Gasteiger partial charge >= 0.3 is 0 Å². The molecule has 4 nitrogen and oxygen atoms in total. The van der Waals surface area contributed by atoms with E-state index in [2.05, 4.69) is 12.2 Å². The van der Waals surface area contributed by atoms with Gasteiger partial charge in [0.2, 0.25) is 0 Å². The van der Waals surface area contributed by atoms with E-state index in [1.165, 1.54) is 0 Å². The van der Waals surface area contributed by atoms with Gasteiger partial charge in [-0.1, -0.05) is 12.1 Å². The lowest BCUT2D eigenvalue weighted by atomic mass is 10.3. The first-order valence-electron chi connectivity index (χ1n) is 6.94. The predicted octanol–water partition coefficient (Wildman–Crippen LogP) is 2.48. The summed E-state index contributed by atoms with van der Waals surface area (Å²) >= 11 is 0. The fraction of sp³-hybridized carbons (Fsp3) is 0.600. The molecule has 1 atom stereocenters. The lowest BCUT2D eigenvalue weighted by Crippen LogP contribution is -2.30. The van der Waals surface area contributed by atoms with Crippen LogP contribution in [0.4, 0.5) is 0 Å². The Hall–Kier alpha value is -1.26. The third-order valence-electron chi connectivity index (χ3n) is 2.57. The van der Waals surface area contributed by atoms with Gasteiger partial charge in [0, 0.05) is 19.7 Å². The van der Waals surface area contributed by atoms with E-state index in [0.717, 1.165) is 31.2 Å². The Balaban J connectivity index is 2.22. The van der Waals surface area contributed by atoms with E-state index in [-0.39, 0.29) is 6.10 Å². The molecule has 1 aromatic carbocycles. The highest BCUT2D eigenvalue weighted by Crippen LogP contribution is 2.25. The Morgan fingerprint density at radius 3 is 2.37 bits per heavy atom. The van der Waals surface area contributed by atoms with Crippen molar-refractivity contribution in [2.75, 3.05) is 32.9 Å². The first-order chi connectivity index (χ1) is 9.27. The van der Waals surface area contributed by atoms with Gasteiger partial charge in [0.15, 0.2) is 11.5 Å². The standard InChI is InChI=1S/C15H25NO3/c1-4-17-13(3)12-16-10-11-19-15-9-7-6-8-14(15)18-5-2/h6-9,13,16H,4-5,10-12H2,1-3H3. The van der Waals surface area contributed by atoms with Crippen molar-refractivity contribution >= 4 is 0 Å². The second-order valence-corrected chi connectivity index (χ2v) is 4.20. The molecule has 0 heterocycles. The van der Waals surface area contributed by atoms with Crippen LogP contribution in [0, 0.1) is 0 Å². The van der Waals surface area contributed by atoms with E-state index in [4.69, 9.17) is 14.2 Å². The highest BCUT2D eigenvalue weighted by Gasteiger charge is 2.03. The van der Waals surface area contributed by atoms with E-state index in [1.54, 1.807) is 0 Å². The molecule has 0 amide bonds. The first-order valence-corrected chi connectivity index (χ1v) is 6.94. The second kappa shape index (κ2) is 9.64. The van der Waals surface area contributed by atoms with Crippen LogP contribution in [0.5, 0.6) is 11.5 Å². The number of ether oxygens (including phenoxy) is 3. The molecule has 0 bridgehead atoms. The van der Waals surface area contributed by atoms with E-state index >= 15 is 0 Å². The summed E-state index contributed by atoms with van der Waals surface area (Å²) in [5.41, 5.74) is 0. The van der Waals surface area contributed by atoms with Crippen molar-refractivity contribution in [3.8, 4) is 11.5 Å². The lowest BCUT2D eigenvalue weighted by Gasteiger charge is -2.14. The Morgan fingerprint density at radius 2 is 1.74 bits per heavy atom. The predicted molar refractivity (Wildman–Crippen MR) is 77.1 cm³/mol. The largest absolute Gasteiger partial charge is 0.490 e. The summed E-state index contributed by atoms with van der Waals surface area (Å²) in [5, 5.41) is 3.30. The van der Waals surface area contributed by atoms with Gasteiger partial charge in [0.05, 0.1) is 12.7 Å². The number of benzene rings is 1. The zero-order valence-electron chi connectivity index (χ0n) is 12.1. The number of rotatable bonds is 10. The zero-order valence-corrected chi connectivity index (χ0v) is 12.1. The van der Waals surface area contributed by atoms with Crippen molar-refractivity contribution in [3.63, 3.8) is 0 Å². The van der Waals surface area contributed by atoms with Crippen molar-refractivity contribution < 1.29 is 14.2 Å². The topological polar surface area (TPSA) is 39.7 Å². The van der Waals surface area contributed by atoms with Crippen molar-refractivity contribution in [1.82, 2.24) is 5.32 Å². The van der Waals surface area contributed by atoms with Crippen LogP contribution in [0.25, 0.3) is 0 Å². The fourth-order valence-corrected chi connectivity index (χ4v) is 1.73. The molecule has 19 heavy (non-hydrogen) atoms. The third-order valence-corrected chi connectivity index (χ3v) is 2.57. The molecule has 1 N–H and O–H groups in total. The van der Waals surface area contributed by atoms with Crippen LogP contribution in [0.1, 0.15) is 20.8 Å². The smallest absolute Gasteiger partial charge is 0.161 e. The summed E-state index contributed by atoms with van der Waals surface area (Å²) in [6.45, 7) is 9.66. The molecular weight excluding hydrogens is 242 g/mol. The third kappa shape index (κ3) is 6.45. The summed E-state index contributed by atoms with van der Waals surface area (Å²) < 4.78 is 16.6. The first kappa shape index (κ1) is 15.8. The average molecular weight is 267 g/mol. The van der Waals surface area contributed by atoms with Crippen LogP contribution in [0.2, 0.25) is 0 Å². The molecule has 0 fully saturated rings. The molecule has 0 aliphatic carbocycles. The summed E-state index contributed by atoms with van der Waals surface area (Å²) in [5.74, 6) is 1.59. The van der Waals surface area contributed by atoms with Crippen LogP contribution >= 0.6 is 0 Å². The molecule has 108 valence electrons. The van der Waals surface area contributed by atoms with E-state index in [1.807, 2.05) is 38.1 Å². The normalized spacial score (nSPS) is 12.2. The van der Waals surface area contributed by atoms with Crippen LogP contribution < -0.4 is 14.8 Å². The van der Waals surface area contributed by atoms with Gasteiger partial charge in [-0.25, -0.2) is 0 Å². The monoisotopic (exact) mass is 267 g/mol. The SMILES string of the molecule is CCOc1ccccc1OCCNCC(C)OCC. The molecule has 0 saturated carbocycles. The minimum atomic E-state index is 0.237. The van der Waals surface area contributed by atoms with Crippen molar-refractivity contribution in [3.05, 3.63) is 24.3 Å². The van der Waals surface area contributed by atoms with E-state index in [0.29, 0.717) is 13.2 Å². The summed E-state index contributed by atoms with van der Waals surface area (Å²) in [6, 6.07) is 7.74. The highest BCUT2D eigenvalue weighted by molar-refractivity contribution is 5.39. The van der Waals surface area contributed by atoms with Crippen LogP contribution in [0.15, 0.2) is 24.3 Å². The van der Waals surface area contributed by atoms with Crippen molar-refractivity contribution in [2.45, 2.75) is 26.9 Å². The van der Waals surface area contributed by atoms with Crippen LogP contribution in [0.3, 0.4) is 0 Å². The lowest BCUT2D eigenvalue weighted by molar-refractivity contribution is 0.0755. The molecule has 4 heteroatoms. The average Bonchev–Trinajstić information content (AvgIpc) is 2.41. The number of hydrogen-bond donors (Lipinski definition) is 1. The van der Waals surface area contributed by atoms with E-state index in [9.17, 15) is 0 Å². The van der Waals surface area contributed by atoms with Crippen molar-refractivity contribution in [1.29, 1.82) is 0 Å². The quantitative estimate of drug-likeness (QED) is 0.661. The molecule has 0 spiro atoms. The molecule has 0 aromatic heterocycles. The molecule has 0 saturated heterocycles. The number of nitrogens with one attached hydrogen (secondary N) is 1. The molecule has 1 aromatic rings. The Morgan fingerprint density at radius 1 is 1.05 bits per heavy atom. The van der Waals surface area contributed by atoms with Gasteiger partial charge in [-0.3, -0.25) is 0 Å². The molecule has 1 unspecified atom stereocenters. The Kier molecular flexibility index (Phi) is 8.02. The van der Waals surface area contributed by atoms with Crippen LogP contribution in [-0.4, -0.2) is 39.0 Å². The van der Waals surface area contributed by atoms with Gasteiger partial charge in [-0.15, -0.1) is 0 Å². The van der Waals surface area contributed by atoms with Gasteiger partial charge in [-0.2, -0.15) is 0 Å². The minimum Gasteiger partial charge on any atom is -0.490 e. The van der Waals surface area contributed by atoms with Gasteiger partial charge in [0.25, 0.3) is 0 Å². The molecule has 0 aliphatic rings. The maximum absolute atomic E-state index is 5.70. The van der Waals surface area contributed by atoms with Gasteiger partial charge < -0.3 is 19.5 Å². The number of para-hydroxylation sites is 2. The summed E-state index contributed by atoms with van der Waals surface area (Å²) in [6.07, 6.45) is 0.237. The second-order valence-electron chi connectivity index (χ2n) is 4.20. The summed E-state index contributed by atoms with van der Waals surface area (Å²) in [7, 11) is 0. The molecule has 0 aliphatic heterocycles. The van der Waals surface area contributed by atoms with Crippen molar-refractivity contribution in [2.24, 2.45) is 0 Å². The molecule has 0 radical (unpaired) electrons. The number of hydrogen-bond acceptors (Lipinski definition) is 4. The minimum absolute atomic E-state index is 0.237. The zero-order chi connectivity index (χ0) is 13.9. The molecular formula is C15H25NO3. The Bertz CT molecular complexity index is 344. The fourth-order valence-electron chi connectivity index (χ4n) is 1.73. The maximum atomic E-state index is 5.70. The molecule has 1 rings (SSSR count). The summed E-state index contributed by atoms with van der Waals surface area (Å²) in [4.78, 5) is 0.